The number of aliphatic hydroxyl groups is 1. The van der Waals surface area contributed by atoms with Crippen molar-refractivity contribution in [1.29, 1.82) is 0 Å². The lowest BCUT2D eigenvalue weighted by atomic mass is 9.94. The fraction of sp³-hybridized carbons (Fsp3) is 0.800. The molecule has 2 aliphatic heterocycles. The minimum atomic E-state index is -0.610. The van der Waals surface area contributed by atoms with E-state index in [0.717, 1.165) is 12.0 Å². The Labute approximate surface area is 78.3 Å². The van der Waals surface area contributed by atoms with Crippen LogP contribution in [0.5, 0.6) is 0 Å². The van der Waals surface area contributed by atoms with E-state index in [1.807, 2.05) is 26.8 Å². The third-order valence-corrected chi connectivity index (χ3v) is 2.88. The fourth-order valence-corrected chi connectivity index (χ4v) is 2.03. The Morgan fingerprint density at radius 3 is 2.92 bits per heavy atom. The van der Waals surface area contributed by atoms with Gasteiger partial charge in [0.2, 0.25) is 0 Å². The van der Waals surface area contributed by atoms with Gasteiger partial charge in [0, 0.05) is 6.42 Å². The zero-order chi connectivity index (χ0) is 9.64. The van der Waals surface area contributed by atoms with Gasteiger partial charge in [0.25, 0.3) is 0 Å². The standard InChI is InChI=1S/C10H16O3/c1-6-4-8(11)9-5-7(2)12-10(6,3)13-9/h4,7-9,11H,5H2,1-3H3/t7-,8-,9-,10-/m1/s1. The lowest BCUT2D eigenvalue weighted by molar-refractivity contribution is -0.303. The predicted molar refractivity (Wildman–Crippen MR) is 48.2 cm³/mol. The van der Waals surface area contributed by atoms with Crippen LogP contribution in [0.25, 0.3) is 0 Å². The normalized spacial score (nSPS) is 50.2. The van der Waals surface area contributed by atoms with E-state index in [9.17, 15) is 5.11 Å². The Kier molecular flexibility index (Phi) is 1.98. The molecule has 0 aliphatic carbocycles. The summed E-state index contributed by atoms with van der Waals surface area (Å²) in [7, 11) is 0. The molecule has 0 amide bonds. The van der Waals surface area contributed by atoms with Gasteiger partial charge >= 0.3 is 0 Å². The molecule has 2 heterocycles. The van der Waals surface area contributed by atoms with E-state index < -0.39 is 11.9 Å². The molecule has 3 heteroatoms. The maximum absolute atomic E-state index is 9.67. The van der Waals surface area contributed by atoms with Crippen LogP contribution < -0.4 is 0 Å². The van der Waals surface area contributed by atoms with Crippen molar-refractivity contribution in [3.8, 4) is 0 Å². The van der Waals surface area contributed by atoms with Crippen LogP contribution in [-0.4, -0.2) is 29.2 Å². The Hall–Kier alpha value is -0.380. The Morgan fingerprint density at radius 1 is 1.54 bits per heavy atom. The third-order valence-electron chi connectivity index (χ3n) is 2.88. The summed E-state index contributed by atoms with van der Waals surface area (Å²) in [6.07, 6.45) is 2.18. The van der Waals surface area contributed by atoms with Crippen LogP contribution in [-0.2, 0) is 9.47 Å². The summed E-state index contributed by atoms with van der Waals surface area (Å²) in [5, 5.41) is 9.67. The van der Waals surface area contributed by atoms with Gasteiger partial charge in [-0.3, -0.25) is 0 Å². The topological polar surface area (TPSA) is 38.7 Å². The van der Waals surface area contributed by atoms with Crippen molar-refractivity contribution in [2.45, 2.75) is 51.3 Å². The molecule has 3 nitrogen and oxygen atoms in total. The summed E-state index contributed by atoms with van der Waals surface area (Å²) in [6.45, 7) is 5.85. The largest absolute Gasteiger partial charge is 0.386 e. The molecule has 1 fully saturated rings. The zero-order valence-electron chi connectivity index (χ0n) is 8.28. The van der Waals surface area contributed by atoms with Gasteiger partial charge < -0.3 is 14.6 Å². The molecule has 74 valence electrons. The van der Waals surface area contributed by atoms with Crippen LogP contribution in [0.15, 0.2) is 11.6 Å². The van der Waals surface area contributed by atoms with E-state index in [-0.39, 0.29) is 12.2 Å². The maximum Gasteiger partial charge on any atom is 0.188 e. The zero-order valence-corrected chi connectivity index (χ0v) is 8.28. The van der Waals surface area contributed by atoms with Crippen LogP contribution in [0.3, 0.4) is 0 Å². The molecule has 0 spiro atoms. The minimum absolute atomic E-state index is 0.0996. The molecule has 0 aromatic rings. The summed E-state index contributed by atoms with van der Waals surface area (Å²) in [6, 6.07) is 0. The molecule has 13 heavy (non-hydrogen) atoms. The highest BCUT2D eigenvalue weighted by Gasteiger charge is 2.44. The molecular formula is C10H16O3. The van der Waals surface area contributed by atoms with E-state index in [1.54, 1.807) is 0 Å². The van der Waals surface area contributed by atoms with Crippen molar-refractivity contribution < 1.29 is 14.6 Å². The number of hydrogen-bond acceptors (Lipinski definition) is 3. The molecule has 0 saturated carbocycles. The van der Waals surface area contributed by atoms with Gasteiger partial charge in [-0.2, -0.15) is 0 Å². The lowest BCUT2D eigenvalue weighted by Gasteiger charge is -2.46. The second-order valence-corrected chi connectivity index (χ2v) is 4.11. The quantitative estimate of drug-likeness (QED) is 0.575. The first-order valence-electron chi connectivity index (χ1n) is 4.74. The molecule has 4 atom stereocenters. The number of rotatable bonds is 0. The van der Waals surface area contributed by atoms with Crippen molar-refractivity contribution in [2.24, 2.45) is 0 Å². The van der Waals surface area contributed by atoms with Crippen molar-refractivity contribution in [2.75, 3.05) is 0 Å². The Balaban J connectivity index is 2.32. The molecule has 1 N–H and O–H groups in total. The van der Waals surface area contributed by atoms with Crippen molar-refractivity contribution in [3.63, 3.8) is 0 Å². The van der Waals surface area contributed by atoms with E-state index in [0.29, 0.717) is 0 Å². The van der Waals surface area contributed by atoms with Crippen LogP contribution in [0.2, 0.25) is 0 Å². The summed E-state index contributed by atoms with van der Waals surface area (Å²) < 4.78 is 11.4. The second-order valence-electron chi connectivity index (χ2n) is 4.11. The number of fused-ring (bicyclic) bond motifs is 2. The molecule has 0 unspecified atom stereocenters. The highest BCUT2D eigenvalue weighted by molar-refractivity contribution is 5.17. The molecular weight excluding hydrogens is 168 g/mol. The van der Waals surface area contributed by atoms with E-state index >= 15 is 0 Å². The smallest absolute Gasteiger partial charge is 0.188 e. The van der Waals surface area contributed by atoms with Crippen LogP contribution in [0, 0.1) is 0 Å². The highest BCUT2D eigenvalue weighted by atomic mass is 16.7. The molecule has 2 bridgehead atoms. The molecule has 0 aromatic heterocycles. The van der Waals surface area contributed by atoms with E-state index in [1.165, 1.54) is 0 Å². The van der Waals surface area contributed by atoms with Gasteiger partial charge in [-0.15, -0.1) is 0 Å². The SMILES string of the molecule is CC1=C[C@@H](O)[C@H]2C[C@@H](C)O[C@]1(C)O2. The van der Waals surface area contributed by atoms with Crippen molar-refractivity contribution in [3.05, 3.63) is 11.6 Å². The van der Waals surface area contributed by atoms with Crippen LogP contribution >= 0.6 is 0 Å². The minimum Gasteiger partial charge on any atom is -0.386 e. The van der Waals surface area contributed by atoms with E-state index in [2.05, 4.69) is 0 Å². The van der Waals surface area contributed by atoms with Gasteiger partial charge in [0.1, 0.15) is 0 Å². The number of aliphatic hydroxyl groups excluding tert-OH is 1. The van der Waals surface area contributed by atoms with Crippen LogP contribution in [0.1, 0.15) is 27.2 Å². The van der Waals surface area contributed by atoms with Crippen molar-refractivity contribution >= 4 is 0 Å². The predicted octanol–water partition coefficient (Wildman–Crippen LogP) is 1.22. The van der Waals surface area contributed by atoms with E-state index in [4.69, 9.17) is 9.47 Å². The highest BCUT2D eigenvalue weighted by Crippen LogP contribution is 2.37. The molecule has 2 rings (SSSR count). The number of ether oxygens (including phenoxy) is 2. The van der Waals surface area contributed by atoms with Crippen LogP contribution in [0.4, 0.5) is 0 Å². The molecule has 0 aromatic carbocycles. The monoisotopic (exact) mass is 184 g/mol. The number of hydrogen-bond donors (Lipinski definition) is 1. The average molecular weight is 184 g/mol. The Morgan fingerprint density at radius 2 is 2.23 bits per heavy atom. The third kappa shape index (κ3) is 1.41. The molecule has 0 radical (unpaired) electrons. The summed E-state index contributed by atoms with van der Waals surface area (Å²) in [5.74, 6) is -0.610. The molecule has 2 aliphatic rings. The Bertz CT molecular complexity index is 249. The fourth-order valence-electron chi connectivity index (χ4n) is 2.03. The molecule has 1 saturated heterocycles. The summed E-state index contributed by atoms with van der Waals surface area (Å²) in [5.41, 5.74) is 0.961. The average Bonchev–Trinajstić information content (AvgIpc) is 2.00. The maximum atomic E-state index is 9.67. The summed E-state index contributed by atoms with van der Waals surface area (Å²) >= 11 is 0. The second kappa shape index (κ2) is 2.80. The van der Waals surface area contributed by atoms with Crippen molar-refractivity contribution in [1.82, 2.24) is 0 Å². The first kappa shape index (κ1) is 9.19. The lowest BCUT2D eigenvalue weighted by Crippen LogP contribution is -2.53. The van der Waals surface area contributed by atoms with Gasteiger partial charge in [0.05, 0.1) is 18.3 Å². The first-order valence-corrected chi connectivity index (χ1v) is 4.74. The van der Waals surface area contributed by atoms with Gasteiger partial charge in [-0.05, 0) is 32.4 Å². The van der Waals surface area contributed by atoms with Gasteiger partial charge in [-0.25, -0.2) is 0 Å². The summed E-state index contributed by atoms with van der Waals surface area (Å²) in [4.78, 5) is 0. The first-order chi connectivity index (χ1) is 6.01. The van der Waals surface area contributed by atoms with Gasteiger partial charge in [0.15, 0.2) is 5.79 Å². The van der Waals surface area contributed by atoms with Gasteiger partial charge in [-0.1, -0.05) is 0 Å².